The molecule has 1 aromatic rings. The Kier molecular flexibility index (Phi) is 2.94. The summed E-state index contributed by atoms with van der Waals surface area (Å²) in [7, 11) is 0. The Balaban J connectivity index is 3.25. The Morgan fingerprint density at radius 2 is 2.07 bits per heavy atom. The van der Waals surface area contributed by atoms with Crippen LogP contribution in [0.15, 0.2) is 18.2 Å². The van der Waals surface area contributed by atoms with Crippen LogP contribution in [-0.4, -0.2) is 16.6 Å². The molecular weight excluding hydrogens is 215 g/mol. The van der Waals surface area contributed by atoms with E-state index in [0.717, 1.165) is 0 Å². The van der Waals surface area contributed by atoms with E-state index in [2.05, 4.69) is 0 Å². The molecule has 0 saturated carbocycles. The molecule has 1 rings (SSSR count). The number of rotatable bonds is 3. The van der Waals surface area contributed by atoms with Gasteiger partial charge in [0.05, 0.1) is 4.92 Å². The number of hydrogen-bond acceptors (Lipinski definition) is 3. The van der Waals surface area contributed by atoms with Crippen LogP contribution >= 0.6 is 0 Å². The van der Waals surface area contributed by atoms with E-state index < -0.39 is 34.5 Å². The van der Waals surface area contributed by atoms with Crippen LogP contribution in [0, 0.1) is 15.9 Å². The highest BCUT2D eigenvalue weighted by atomic mass is 19.3. The van der Waals surface area contributed by atoms with E-state index in [4.69, 9.17) is 5.11 Å². The van der Waals surface area contributed by atoms with Gasteiger partial charge in [0, 0.05) is 11.6 Å². The maximum atomic E-state index is 12.9. The fraction of sp³-hybridized carbons (Fsp3) is 0.250. The molecule has 0 aliphatic carbocycles. The first-order valence-electron chi connectivity index (χ1n) is 3.81. The van der Waals surface area contributed by atoms with E-state index >= 15 is 0 Å². The van der Waals surface area contributed by atoms with Gasteiger partial charge in [-0.15, -0.1) is 0 Å². The number of hydrogen-bond donors (Lipinski definition) is 1. The van der Waals surface area contributed by atoms with Gasteiger partial charge in [-0.2, -0.15) is 13.2 Å². The summed E-state index contributed by atoms with van der Waals surface area (Å²) in [5.74, 6) is -4.81. The van der Waals surface area contributed by atoms with Crippen molar-refractivity contribution in [2.45, 2.75) is 5.92 Å². The van der Waals surface area contributed by atoms with Gasteiger partial charge in [-0.1, -0.05) is 0 Å². The van der Waals surface area contributed by atoms with E-state index in [0.29, 0.717) is 18.2 Å². The Morgan fingerprint density at radius 1 is 1.47 bits per heavy atom. The Hall–Kier alpha value is -1.63. The standard InChI is InChI=1S/C8H6F3NO3/c9-6-2-1-5(8(10,11)4-13)3-7(6)12(14)15/h1-3,13H,4H2. The van der Waals surface area contributed by atoms with Crippen molar-refractivity contribution in [2.75, 3.05) is 6.61 Å². The Morgan fingerprint density at radius 3 is 2.53 bits per heavy atom. The number of aliphatic hydroxyl groups is 1. The van der Waals surface area contributed by atoms with E-state index in [9.17, 15) is 23.3 Å². The summed E-state index contributed by atoms with van der Waals surface area (Å²) in [5.41, 5.74) is -1.83. The van der Waals surface area contributed by atoms with Gasteiger partial charge in [0.25, 0.3) is 5.92 Å². The van der Waals surface area contributed by atoms with Gasteiger partial charge < -0.3 is 5.11 Å². The molecule has 82 valence electrons. The Labute approximate surface area is 82.1 Å². The van der Waals surface area contributed by atoms with Crippen molar-refractivity contribution in [1.29, 1.82) is 0 Å². The van der Waals surface area contributed by atoms with E-state index in [-0.39, 0.29) is 0 Å². The minimum Gasteiger partial charge on any atom is -0.390 e. The summed E-state index contributed by atoms with van der Waals surface area (Å²) in [6, 6.07) is 1.67. The van der Waals surface area contributed by atoms with Crippen LogP contribution in [0.1, 0.15) is 5.56 Å². The smallest absolute Gasteiger partial charge is 0.305 e. The fourth-order valence-corrected chi connectivity index (χ4v) is 0.971. The van der Waals surface area contributed by atoms with Crippen molar-refractivity contribution >= 4 is 5.69 Å². The molecule has 1 aromatic carbocycles. The second kappa shape index (κ2) is 3.85. The van der Waals surface area contributed by atoms with E-state index in [1.165, 1.54) is 0 Å². The molecule has 0 unspecified atom stereocenters. The maximum absolute atomic E-state index is 12.9. The van der Waals surface area contributed by atoms with Crippen molar-refractivity contribution in [2.24, 2.45) is 0 Å². The van der Waals surface area contributed by atoms with Crippen LogP contribution in [0.4, 0.5) is 18.9 Å². The zero-order chi connectivity index (χ0) is 11.6. The van der Waals surface area contributed by atoms with Crippen LogP contribution in [0.2, 0.25) is 0 Å². The van der Waals surface area contributed by atoms with Crippen molar-refractivity contribution in [3.8, 4) is 0 Å². The summed E-state index contributed by atoms with van der Waals surface area (Å²) in [5, 5.41) is 18.6. The molecule has 15 heavy (non-hydrogen) atoms. The van der Waals surface area contributed by atoms with Gasteiger partial charge in [-0.25, -0.2) is 0 Å². The SMILES string of the molecule is O=[N+]([O-])c1cc(C(F)(F)CO)ccc1F. The molecular formula is C8H6F3NO3. The second-order valence-electron chi connectivity index (χ2n) is 2.79. The molecule has 0 amide bonds. The molecule has 1 N–H and O–H groups in total. The highest BCUT2D eigenvalue weighted by Gasteiger charge is 2.32. The van der Waals surface area contributed by atoms with Crippen LogP contribution in [0.5, 0.6) is 0 Å². The highest BCUT2D eigenvalue weighted by Crippen LogP contribution is 2.30. The zero-order valence-corrected chi connectivity index (χ0v) is 7.28. The number of nitrogens with zero attached hydrogens (tertiary/aromatic N) is 1. The number of halogens is 3. The molecule has 0 spiro atoms. The topological polar surface area (TPSA) is 63.4 Å². The van der Waals surface area contributed by atoms with Gasteiger partial charge in [-0.05, 0) is 12.1 Å². The predicted molar refractivity (Wildman–Crippen MR) is 44.0 cm³/mol. The van der Waals surface area contributed by atoms with Crippen molar-refractivity contribution in [1.82, 2.24) is 0 Å². The average molecular weight is 221 g/mol. The lowest BCUT2D eigenvalue weighted by Crippen LogP contribution is -2.18. The lowest BCUT2D eigenvalue weighted by atomic mass is 10.1. The number of benzene rings is 1. The molecule has 0 aliphatic rings. The molecule has 0 aromatic heterocycles. The quantitative estimate of drug-likeness (QED) is 0.625. The van der Waals surface area contributed by atoms with Crippen LogP contribution < -0.4 is 0 Å². The number of alkyl halides is 2. The molecule has 4 nitrogen and oxygen atoms in total. The Bertz CT molecular complexity index is 395. The number of nitro groups is 1. The predicted octanol–water partition coefficient (Wildman–Crippen LogP) is 1.82. The normalized spacial score (nSPS) is 11.5. The molecule has 0 bridgehead atoms. The highest BCUT2D eigenvalue weighted by molar-refractivity contribution is 5.38. The summed E-state index contributed by atoms with van der Waals surface area (Å²) in [6.45, 7) is -1.49. The lowest BCUT2D eigenvalue weighted by Gasteiger charge is -2.12. The average Bonchev–Trinajstić information content (AvgIpc) is 2.17. The van der Waals surface area contributed by atoms with Crippen molar-refractivity contribution in [3.63, 3.8) is 0 Å². The van der Waals surface area contributed by atoms with Gasteiger partial charge >= 0.3 is 5.69 Å². The molecule has 0 fully saturated rings. The number of aliphatic hydroxyl groups excluding tert-OH is 1. The first-order chi connectivity index (χ1) is 6.88. The fourth-order valence-electron chi connectivity index (χ4n) is 0.971. The first-order valence-corrected chi connectivity index (χ1v) is 3.81. The third-order valence-corrected chi connectivity index (χ3v) is 1.76. The lowest BCUT2D eigenvalue weighted by molar-refractivity contribution is -0.387. The summed E-state index contributed by atoms with van der Waals surface area (Å²) in [6.07, 6.45) is 0. The second-order valence-corrected chi connectivity index (χ2v) is 2.79. The monoisotopic (exact) mass is 221 g/mol. The van der Waals surface area contributed by atoms with Crippen LogP contribution in [0.3, 0.4) is 0 Å². The van der Waals surface area contributed by atoms with E-state index in [1.54, 1.807) is 0 Å². The van der Waals surface area contributed by atoms with Crippen molar-refractivity contribution in [3.05, 3.63) is 39.7 Å². The van der Waals surface area contributed by atoms with Crippen molar-refractivity contribution < 1.29 is 23.2 Å². The van der Waals surface area contributed by atoms with Gasteiger partial charge in [-0.3, -0.25) is 10.1 Å². The molecule has 0 atom stereocenters. The molecule has 0 saturated heterocycles. The van der Waals surface area contributed by atoms with Crippen LogP contribution in [-0.2, 0) is 5.92 Å². The zero-order valence-electron chi connectivity index (χ0n) is 7.28. The third kappa shape index (κ3) is 2.24. The van der Waals surface area contributed by atoms with E-state index in [1.807, 2.05) is 0 Å². The van der Waals surface area contributed by atoms with Crippen LogP contribution in [0.25, 0.3) is 0 Å². The third-order valence-electron chi connectivity index (χ3n) is 1.76. The molecule has 7 heteroatoms. The molecule has 0 aliphatic heterocycles. The number of nitro benzene ring substituents is 1. The van der Waals surface area contributed by atoms with Gasteiger partial charge in [0.15, 0.2) is 0 Å². The first kappa shape index (κ1) is 11.4. The van der Waals surface area contributed by atoms with Gasteiger partial charge in [0.2, 0.25) is 5.82 Å². The minimum absolute atomic E-state index is 0.408. The van der Waals surface area contributed by atoms with Gasteiger partial charge in [0.1, 0.15) is 6.61 Å². The largest absolute Gasteiger partial charge is 0.390 e. The minimum atomic E-state index is -3.61. The molecule has 0 radical (unpaired) electrons. The summed E-state index contributed by atoms with van der Waals surface area (Å²) in [4.78, 5) is 9.14. The molecule has 0 heterocycles. The summed E-state index contributed by atoms with van der Waals surface area (Å²) >= 11 is 0. The maximum Gasteiger partial charge on any atom is 0.305 e. The summed E-state index contributed by atoms with van der Waals surface area (Å²) < 4.78 is 38.5.